The van der Waals surface area contributed by atoms with E-state index >= 15 is 0 Å². The summed E-state index contributed by atoms with van der Waals surface area (Å²) in [7, 11) is 0. The maximum atomic E-state index is 14.3. The third-order valence-corrected chi connectivity index (χ3v) is 5.78. The van der Waals surface area contributed by atoms with Gasteiger partial charge in [0.25, 0.3) is 0 Å². The van der Waals surface area contributed by atoms with Crippen molar-refractivity contribution in [2.45, 2.75) is 64.4 Å². The highest BCUT2D eigenvalue weighted by Crippen LogP contribution is 2.41. The first-order valence-corrected chi connectivity index (χ1v) is 9.62. The molecule has 0 amide bonds. The minimum Gasteiger partial charge on any atom is -0.432 e. The van der Waals surface area contributed by atoms with Crippen LogP contribution in [0, 0.1) is 27.0 Å². The van der Waals surface area contributed by atoms with Crippen LogP contribution >= 0.6 is 22.6 Å². The molecular formula is C18H23F4IO. The minimum atomic E-state index is -3.40. The third kappa shape index (κ3) is 5.23. The maximum absolute atomic E-state index is 14.3. The average molecular weight is 458 g/mol. The smallest absolute Gasteiger partial charge is 0.400 e. The molecule has 24 heavy (non-hydrogen) atoms. The fraction of sp³-hybridized carbons (Fsp3) is 0.667. The molecule has 1 saturated carbocycles. The predicted octanol–water partition coefficient (Wildman–Crippen LogP) is 6.93. The quantitative estimate of drug-likeness (QED) is 0.186. The lowest BCUT2D eigenvalue weighted by atomic mass is 9.79. The van der Waals surface area contributed by atoms with Crippen LogP contribution in [0.5, 0.6) is 5.75 Å². The topological polar surface area (TPSA) is 9.23 Å². The summed E-state index contributed by atoms with van der Waals surface area (Å²) < 4.78 is 60.1. The second-order valence-corrected chi connectivity index (χ2v) is 7.66. The van der Waals surface area contributed by atoms with Gasteiger partial charge in [0, 0.05) is 12.1 Å². The average Bonchev–Trinajstić information content (AvgIpc) is 2.53. The Morgan fingerprint density at radius 3 is 2.21 bits per heavy atom. The van der Waals surface area contributed by atoms with Gasteiger partial charge in [-0.05, 0) is 54.2 Å². The molecule has 0 unspecified atom stereocenters. The highest BCUT2D eigenvalue weighted by molar-refractivity contribution is 14.1. The zero-order valence-electron chi connectivity index (χ0n) is 13.8. The molecule has 0 bridgehead atoms. The zero-order chi connectivity index (χ0) is 17.7. The molecule has 1 nitrogen and oxygen atoms in total. The summed E-state index contributed by atoms with van der Waals surface area (Å²) >= 11 is 1.49. The van der Waals surface area contributed by atoms with Crippen molar-refractivity contribution in [1.29, 1.82) is 0 Å². The standard InChI is InChI=1S/C18H23F4IO/c1-2-3-4-5-12-6-8-13(9-7-12)18(21,22)24-14-10-15(19)17(23)16(20)11-14/h10-13H,2-9H2,1H3. The normalized spacial score (nSPS) is 21.8. The number of hydrogen-bond donors (Lipinski definition) is 0. The lowest BCUT2D eigenvalue weighted by molar-refractivity contribution is -0.223. The molecular weight excluding hydrogens is 435 g/mol. The second-order valence-electron chi connectivity index (χ2n) is 6.58. The van der Waals surface area contributed by atoms with Gasteiger partial charge in [-0.3, -0.25) is 0 Å². The molecule has 0 aliphatic heterocycles. The van der Waals surface area contributed by atoms with Crippen LogP contribution in [0.2, 0.25) is 0 Å². The highest BCUT2D eigenvalue weighted by atomic mass is 127. The fourth-order valence-electron chi connectivity index (χ4n) is 3.30. The Kier molecular flexibility index (Phi) is 7.19. The van der Waals surface area contributed by atoms with Crippen LogP contribution in [0.3, 0.4) is 0 Å². The number of unbranched alkanes of at least 4 members (excludes halogenated alkanes) is 2. The van der Waals surface area contributed by atoms with E-state index in [4.69, 9.17) is 0 Å². The van der Waals surface area contributed by atoms with Gasteiger partial charge in [0.15, 0.2) is 0 Å². The first kappa shape index (κ1) is 19.8. The molecule has 1 aromatic carbocycles. The first-order chi connectivity index (χ1) is 11.3. The molecule has 0 spiro atoms. The van der Waals surface area contributed by atoms with Gasteiger partial charge in [0.1, 0.15) is 17.4 Å². The van der Waals surface area contributed by atoms with E-state index in [1.807, 2.05) is 0 Å². The molecule has 1 fully saturated rings. The first-order valence-electron chi connectivity index (χ1n) is 8.54. The summed E-state index contributed by atoms with van der Waals surface area (Å²) in [5.74, 6) is -2.62. The van der Waals surface area contributed by atoms with E-state index in [9.17, 15) is 17.6 Å². The Hall–Kier alpha value is -0.530. The zero-order valence-corrected chi connectivity index (χ0v) is 15.9. The molecule has 0 heterocycles. The molecule has 0 radical (unpaired) electrons. The molecule has 0 atom stereocenters. The van der Waals surface area contributed by atoms with Crippen LogP contribution in [-0.2, 0) is 0 Å². The van der Waals surface area contributed by atoms with Crippen LogP contribution in [0.25, 0.3) is 0 Å². The van der Waals surface area contributed by atoms with E-state index in [1.54, 1.807) is 0 Å². The summed E-state index contributed by atoms with van der Waals surface area (Å²) in [5, 5.41) is 0. The lowest BCUT2D eigenvalue weighted by Crippen LogP contribution is -2.37. The van der Waals surface area contributed by atoms with Gasteiger partial charge in [-0.15, -0.1) is 0 Å². The van der Waals surface area contributed by atoms with Crippen molar-refractivity contribution in [2.24, 2.45) is 11.8 Å². The summed E-state index contributed by atoms with van der Waals surface area (Å²) in [6.07, 6.45) is 3.50. The second kappa shape index (κ2) is 8.72. The molecule has 2 rings (SSSR count). The van der Waals surface area contributed by atoms with Crippen molar-refractivity contribution in [2.75, 3.05) is 0 Å². The van der Waals surface area contributed by atoms with Crippen molar-refractivity contribution >= 4 is 22.6 Å². The number of alkyl halides is 2. The van der Waals surface area contributed by atoms with Gasteiger partial charge in [0.2, 0.25) is 0 Å². The van der Waals surface area contributed by atoms with Crippen LogP contribution in [0.15, 0.2) is 12.1 Å². The number of rotatable bonds is 7. The molecule has 136 valence electrons. The number of benzene rings is 1. The monoisotopic (exact) mass is 458 g/mol. The Bertz CT molecular complexity index is 519. The number of halogens is 5. The Morgan fingerprint density at radius 1 is 1.08 bits per heavy atom. The Morgan fingerprint density at radius 2 is 1.67 bits per heavy atom. The summed E-state index contributed by atoms with van der Waals surface area (Å²) in [6.45, 7) is 2.14. The van der Waals surface area contributed by atoms with Crippen molar-refractivity contribution < 1.29 is 22.3 Å². The largest absolute Gasteiger partial charge is 0.432 e. The summed E-state index contributed by atoms with van der Waals surface area (Å²) in [6, 6.07) is 1.63. The van der Waals surface area contributed by atoms with Crippen molar-refractivity contribution in [3.05, 3.63) is 27.3 Å². The van der Waals surface area contributed by atoms with Gasteiger partial charge < -0.3 is 4.74 Å². The lowest BCUT2D eigenvalue weighted by Gasteiger charge is -2.33. The van der Waals surface area contributed by atoms with Gasteiger partial charge in [-0.1, -0.05) is 32.6 Å². The van der Waals surface area contributed by atoms with Crippen molar-refractivity contribution in [1.82, 2.24) is 0 Å². The molecule has 0 saturated heterocycles. The molecule has 0 aromatic heterocycles. The molecule has 1 aromatic rings. The maximum Gasteiger partial charge on any atom is 0.400 e. The van der Waals surface area contributed by atoms with E-state index in [0.717, 1.165) is 44.2 Å². The number of ether oxygens (including phenoxy) is 1. The Balaban J connectivity index is 1.92. The highest BCUT2D eigenvalue weighted by Gasteiger charge is 2.44. The van der Waals surface area contributed by atoms with E-state index in [2.05, 4.69) is 11.7 Å². The van der Waals surface area contributed by atoms with Gasteiger partial charge in [-0.25, -0.2) is 8.78 Å². The van der Waals surface area contributed by atoms with Crippen LogP contribution in [-0.4, -0.2) is 6.11 Å². The molecule has 0 N–H and O–H groups in total. The van der Waals surface area contributed by atoms with E-state index in [0.29, 0.717) is 18.8 Å². The van der Waals surface area contributed by atoms with Crippen molar-refractivity contribution in [3.63, 3.8) is 0 Å². The van der Waals surface area contributed by atoms with Crippen molar-refractivity contribution in [3.8, 4) is 5.75 Å². The van der Waals surface area contributed by atoms with E-state index in [-0.39, 0.29) is 3.57 Å². The SMILES string of the molecule is CCCCCC1CCC(C(F)(F)Oc2cc(F)c(I)c(F)c2)CC1. The summed E-state index contributed by atoms with van der Waals surface area (Å²) in [5.41, 5.74) is 0. The van der Waals surface area contributed by atoms with Crippen LogP contribution in [0.1, 0.15) is 58.3 Å². The molecule has 1 aliphatic carbocycles. The predicted molar refractivity (Wildman–Crippen MR) is 94.2 cm³/mol. The Labute approximate surface area is 154 Å². The van der Waals surface area contributed by atoms with Crippen LogP contribution < -0.4 is 4.74 Å². The fourth-order valence-corrected chi connectivity index (χ4v) is 3.61. The van der Waals surface area contributed by atoms with E-state index < -0.39 is 29.4 Å². The van der Waals surface area contributed by atoms with Gasteiger partial charge in [0.05, 0.1) is 9.49 Å². The third-order valence-electron chi connectivity index (χ3n) is 4.75. The van der Waals surface area contributed by atoms with Gasteiger partial charge >= 0.3 is 6.11 Å². The molecule has 6 heteroatoms. The van der Waals surface area contributed by atoms with Gasteiger partial charge in [-0.2, -0.15) is 8.78 Å². The minimum absolute atomic E-state index is 0.226. The summed E-state index contributed by atoms with van der Waals surface area (Å²) in [4.78, 5) is 0. The van der Waals surface area contributed by atoms with E-state index in [1.165, 1.54) is 29.0 Å². The number of hydrogen-bond acceptors (Lipinski definition) is 1. The van der Waals surface area contributed by atoms with Crippen LogP contribution in [0.4, 0.5) is 17.6 Å². The molecule has 1 aliphatic rings.